The Balaban J connectivity index is 1.59. The number of hydrogen-bond donors (Lipinski definition) is 0. The Hall–Kier alpha value is -2.78. The van der Waals surface area contributed by atoms with Gasteiger partial charge in [-0.1, -0.05) is 42.5 Å². The molecule has 5 rings (SSSR count). The SMILES string of the molecule is CC(=O)C1=C(C)N(Cc2ccccc2)C(C)=C(C(=O)OCN2CCN(C)CC2)C1c1csc2c(Br)cccc12. The molecule has 0 N–H and O–H groups in total. The Morgan fingerprint density at radius 3 is 2.36 bits per heavy atom. The van der Waals surface area contributed by atoms with Crippen molar-refractivity contribution in [1.29, 1.82) is 0 Å². The average molecular weight is 609 g/mol. The normalized spacial score (nSPS) is 19.2. The van der Waals surface area contributed by atoms with Crippen LogP contribution in [-0.4, -0.2) is 66.4 Å². The molecule has 1 aromatic heterocycles. The molecule has 1 atom stereocenters. The maximum absolute atomic E-state index is 14.0. The predicted octanol–water partition coefficient (Wildman–Crippen LogP) is 6.15. The summed E-state index contributed by atoms with van der Waals surface area (Å²) >= 11 is 5.30. The van der Waals surface area contributed by atoms with Gasteiger partial charge in [0.15, 0.2) is 5.78 Å². The summed E-state index contributed by atoms with van der Waals surface area (Å²) in [5.74, 6) is -0.908. The number of piperazine rings is 1. The number of benzene rings is 2. The molecule has 0 spiro atoms. The summed E-state index contributed by atoms with van der Waals surface area (Å²) in [6, 6.07) is 16.2. The number of ether oxygens (including phenoxy) is 1. The first-order chi connectivity index (χ1) is 18.8. The lowest BCUT2D eigenvalue weighted by molar-refractivity contribution is -0.145. The van der Waals surface area contributed by atoms with E-state index in [9.17, 15) is 9.59 Å². The summed E-state index contributed by atoms with van der Waals surface area (Å²) in [6.07, 6.45) is 0. The number of allylic oxidation sites excluding steroid dienone is 3. The molecule has 3 aromatic rings. The van der Waals surface area contributed by atoms with Gasteiger partial charge in [-0.05, 0) is 71.7 Å². The number of Topliss-reactive ketones (excluding diaryl/α,β-unsaturated/α-hetero) is 1. The second kappa shape index (κ2) is 11.8. The van der Waals surface area contributed by atoms with Gasteiger partial charge in [-0.3, -0.25) is 9.69 Å². The number of rotatable bonds is 7. The van der Waals surface area contributed by atoms with Gasteiger partial charge in [0.05, 0.1) is 5.57 Å². The average Bonchev–Trinajstić information content (AvgIpc) is 3.36. The molecule has 2 aromatic carbocycles. The lowest BCUT2D eigenvalue weighted by atomic mass is 9.78. The van der Waals surface area contributed by atoms with E-state index in [1.54, 1.807) is 18.3 Å². The van der Waals surface area contributed by atoms with Crippen LogP contribution in [0.1, 0.15) is 37.8 Å². The van der Waals surface area contributed by atoms with Crippen LogP contribution in [0, 0.1) is 0 Å². The molecule has 1 unspecified atom stereocenters. The minimum Gasteiger partial charge on any atom is -0.446 e. The zero-order valence-electron chi connectivity index (χ0n) is 22.9. The van der Waals surface area contributed by atoms with Gasteiger partial charge in [-0.25, -0.2) is 4.79 Å². The molecule has 2 aliphatic heterocycles. The standard InChI is InChI=1S/C31H34BrN3O3S/c1-20-27(22(3)36)29(25-18-39-30-24(25)11-8-12-26(30)32)28(21(2)35(20)17-23-9-6-5-7-10-23)31(37)38-19-34-15-13-33(4)14-16-34/h5-12,18,29H,13-17,19H2,1-4H3. The molecule has 1 fully saturated rings. The van der Waals surface area contributed by atoms with E-state index < -0.39 is 5.92 Å². The fourth-order valence-corrected chi connectivity index (χ4v) is 7.26. The molecule has 0 aliphatic carbocycles. The predicted molar refractivity (Wildman–Crippen MR) is 160 cm³/mol. The Morgan fingerprint density at radius 2 is 1.67 bits per heavy atom. The van der Waals surface area contributed by atoms with Gasteiger partial charge in [0.2, 0.25) is 0 Å². The second-order valence-corrected chi connectivity index (χ2v) is 12.1. The van der Waals surface area contributed by atoms with Crippen LogP contribution in [0.5, 0.6) is 0 Å². The van der Waals surface area contributed by atoms with E-state index in [0.29, 0.717) is 17.7 Å². The van der Waals surface area contributed by atoms with Gasteiger partial charge >= 0.3 is 5.97 Å². The molecule has 0 radical (unpaired) electrons. The van der Waals surface area contributed by atoms with E-state index in [1.165, 1.54) is 0 Å². The van der Waals surface area contributed by atoms with Crippen molar-refractivity contribution in [1.82, 2.24) is 14.7 Å². The number of carbonyl (C=O) groups is 2. The van der Waals surface area contributed by atoms with E-state index in [2.05, 4.69) is 61.3 Å². The van der Waals surface area contributed by atoms with Crippen LogP contribution in [-0.2, 0) is 20.9 Å². The zero-order chi connectivity index (χ0) is 27.7. The van der Waals surface area contributed by atoms with Crippen LogP contribution >= 0.6 is 27.3 Å². The third kappa shape index (κ3) is 5.61. The first kappa shape index (κ1) is 27.8. The van der Waals surface area contributed by atoms with Crippen molar-refractivity contribution in [2.75, 3.05) is 40.0 Å². The number of halogens is 1. The number of ketones is 1. The number of esters is 1. The van der Waals surface area contributed by atoms with Crippen molar-refractivity contribution in [3.63, 3.8) is 0 Å². The van der Waals surface area contributed by atoms with Gasteiger partial charge < -0.3 is 14.5 Å². The third-order valence-electron chi connectivity index (χ3n) is 7.82. The van der Waals surface area contributed by atoms with E-state index >= 15 is 0 Å². The van der Waals surface area contributed by atoms with Crippen molar-refractivity contribution in [3.05, 3.63) is 92.1 Å². The Kier molecular flexibility index (Phi) is 8.38. The van der Waals surface area contributed by atoms with E-state index in [4.69, 9.17) is 4.74 Å². The lowest BCUT2D eigenvalue weighted by Gasteiger charge is -2.38. The van der Waals surface area contributed by atoms with Crippen molar-refractivity contribution in [2.24, 2.45) is 0 Å². The highest BCUT2D eigenvalue weighted by atomic mass is 79.9. The highest BCUT2D eigenvalue weighted by molar-refractivity contribution is 9.10. The first-order valence-electron chi connectivity index (χ1n) is 13.2. The summed E-state index contributed by atoms with van der Waals surface area (Å²) in [5, 5.41) is 3.13. The summed E-state index contributed by atoms with van der Waals surface area (Å²) in [6.45, 7) is 9.97. The minimum atomic E-state index is -0.502. The molecule has 2 aliphatic rings. The smallest absolute Gasteiger partial charge is 0.338 e. The largest absolute Gasteiger partial charge is 0.446 e. The number of likely N-dealkylation sites (N-methyl/N-ethyl adjacent to an activating group) is 1. The van der Waals surface area contributed by atoms with Crippen LogP contribution in [0.4, 0.5) is 0 Å². The fourth-order valence-electron chi connectivity index (χ4n) is 5.61. The molecular weight excluding hydrogens is 574 g/mol. The van der Waals surface area contributed by atoms with Crippen molar-refractivity contribution in [3.8, 4) is 0 Å². The molecule has 0 bridgehead atoms. The topological polar surface area (TPSA) is 53.1 Å². The summed E-state index contributed by atoms with van der Waals surface area (Å²) < 4.78 is 8.10. The molecule has 0 saturated carbocycles. The molecular formula is C31H34BrN3O3S. The van der Waals surface area contributed by atoms with Crippen molar-refractivity contribution >= 4 is 49.1 Å². The monoisotopic (exact) mass is 607 g/mol. The second-order valence-electron chi connectivity index (χ2n) is 10.3. The molecule has 6 nitrogen and oxygen atoms in total. The number of fused-ring (bicyclic) bond motifs is 1. The van der Waals surface area contributed by atoms with Gasteiger partial charge in [0.25, 0.3) is 0 Å². The summed E-state index contributed by atoms with van der Waals surface area (Å²) in [4.78, 5) is 33.9. The highest BCUT2D eigenvalue weighted by Crippen LogP contribution is 2.47. The minimum absolute atomic E-state index is 0.0400. The third-order valence-corrected chi connectivity index (χ3v) is 9.79. The number of hydrogen-bond acceptors (Lipinski definition) is 7. The molecule has 0 amide bonds. The molecule has 3 heterocycles. The van der Waals surface area contributed by atoms with Gasteiger partial charge in [0.1, 0.15) is 6.73 Å². The molecule has 1 saturated heterocycles. The molecule has 8 heteroatoms. The molecule has 39 heavy (non-hydrogen) atoms. The van der Waals surface area contributed by atoms with Gasteiger partial charge in [-0.15, -0.1) is 11.3 Å². The number of carbonyl (C=O) groups excluding carboxylic acids is 2. The van der Waals surface area contributed by atoms with Crippen molar-refractivity contribution < 1.29 is 14.3 Å². The van der Waals surface area contributed by atoms with Gasteiger partial charge in [0, 0.05) is 64.8 Å². The zero-order valence-corrected chi connectivity index (χ0v) is 25.3. The maximum atomic E-state index is 14.0. The van der Waals surface area contributed by atoms with E-state index in [0.717, 1.165) is 63.3 Å². The molecule has 204 valence electrons. The van der Waals surface area contributed by atoms with Gasteiger partial charge in [-0.2, -0.15) is 0 Å². The van der Waals surface area contributed by atoms with Crippen LogP contribution in [0.2, 0.25) is 0 Å². The number of nitrogens with zero attached hydrogens (tertiary/aromatic N) is 3. The van der Waals surface area contributed by atoms with Crippen molar-refractivity contribution in [2.45, 2.75) is 33.2 Å². The van der Waals surface area contributed by atoms with Crippen LogP contribution in [0.15, 0.2) is 80.9 Å². The van der Waals surface area contributed by atoms with Crippen LogP contribution < -0.4 is 0 Å². The quantitative estimate of drug-likeness (QED) is 0.300. The van der Waals surface area contributed by atoms with E-state index in [-0.39, 0.29) is 18.5 Å². The van der Waals surface area contributed by atoms with Crippen LogP contribution in [0.3, 0.4) is 0 Å². The highest BCUT2D eigenvalue weighted by Gasteiger charge is 2.40. The van der Waals surface area contributed by atoms with E-state index in [1.807, 2.05) is 44.2 Å². The Morgan fingerprint density at radius 1 is 0.974 bits per heavy atom. The first-order valence-corrected chi connectivity index (χ1v) is 14.9. The summed E-state index contributed by atoms with van der Waals surface area (Å²) in [7, 11) is 2.10. The maximum Gasteiger partial charge on any atom is 0.338 e. The summed E-state index contributed by atoms with van der Waals surface area (Å²) in [5.41, 5.74) is 4.94. The Bertz CT molecular complexity index is 1450. The fraction of sp³-hybridized carbons (Fsp3) is 0.355. The lowest BCUT2D eigenvalue weighted by Crippen LogP contribution is -2.45. The Labute approximate surface area is 242 Å². The number of thiophene rings is 1. The van der Waals surface area contributed by atoms with Crippen LogP contribution in [0.25, 0.3) is 10.1 Å².